The summed E-state index contributed by atoms with van der Waals surface area (Å²) in [5.74, 6) is 1.56. The van der Waals surface area contributed by atoms with Gasteiger partial charge in [-0.3, -0.25) is 4.79 Å². The topological polar surface area (TPSA) is 137 Å². The molecule has 1 aliphatic heterocycles. The van der Waals surface area contributed by atoms with Gasteiger partial charge < -0.3 is 25.0 Å². The molecule has 242 valence electrons. The number of rotatable bonds is 10. The van der Waals surface area contributed by atoms with Crippen LogP contribution in [0.5, 0.6) is 17.2 Å². The zero-order valence-corrected chi connectivity index (χ0v) is 26.5. The highest BCUT2D eigenvalue weighted by Gasteiger charge is 2.28. The van der Waals surface area contributed by atoms with Crippen LogP contribution in [0.1, 0.15) is 30.3 Å². The largest absolute Gasteiger partial charge is 0.489 e. The Labute approximate surface area is 271 Å². The van der Waals surface area contributed by atoms with Crippen molar-refractivity contribution in [1.29, 1.82) is 0 Å². The predicted molar refractivity (Wildman–Crippen MR) is 175 cm³/mol. The Morgan fingerprint density at radius 2 is 1.83 bits per heavy atom. The van der Waals surface area contributed by atoms with Crippen LogP contribution in [-0.2, 0) is 11.4 Å². The lowest BCUT2D eigenvalue weighted by molar-refractivity contribution is -0.127. The van der Waals surface area contributed by atoms with Gasteiger partial charge in [0.25, 0.3) is 0 Å². The number of nitrogen functional groups attached to an aromatic ring is 1. The van der Waals surface area contributed by atoms with E-state index in [1.165, 1.54) is 18.5 Å². The van der Waals surface area contributed by atoms with Gasteiger partial charge in [0, 0.05) is 67.4 Å². The number of ether oxygens (including phenoxy) is 2. The molecule has 0 bridgehead atoms. The van der Waals surface area contributed by atoms with Gasteiger partial charge in [0.15, 0.2) is 5.65 Å². The number of hydrogen-bond donors (Lipinski definition) is 1. The minimum absolute atomic E-state index is 0.0178. The lowest BCUT2D eigenvalue weighted by Crippen LogP contribution is -2.40. The third-order valence-electron chi connectivity index (χ3n) is 7.75. The first kappa shape index (κ1) is 31.5. The lowest BCUT2D eigenvalue weighted by Gasteiger charge is -2.32. The SMILES string of the molecule is Cc1ncc(COc2cc(F)cc(Oc3ccc(-c4nn([C@@H]5CCCN(C(=O)/C=C/CN(C)C)C5)c5ncnc(N)c45)cc3)c2)cn1. The predicted octanol–water partition coefficient (Wildman–Crippen LogP) is 4.97. The van der Waals surface area contributed by atoms with Crippen molar-refractivity contribution < 1.29 is 18.7 Å². The maximum Gasteiger partial charge on any atom is 0.246 e. The number of aryl methyl sites for hydroxylation is 1. The van der Waals surface area contributed by atoms with Crippen molar-refractivity contribution in [2.45, 2.75) is 32.4 Å². The van der Waals surface area contributed by atoms with Crippen molar-refractivity contribution in [2.24, 2.45) is 0 Å². The molecule has 5 aromatic rings. The van der Waals surface area contributed by atoms with Crippen molar-refractivity contribution in [3.05, 3.63) is 90.5 Å². The number of likely N-dealkylation sites (tertiary alicyclic amines) is 1. The Hall–Kier alpha value is -5.43. The van der Waals surface area contributed by atoms with Crippen LogP contribution in [0.15, 0.2) is 73.3 Å². The molecule has 1 aliphatic rings. The van der Waals surface area contributed by atoms with Crippen LogP contribution in [0.25, 0.3) is 22.3 Å². The molecule has 0 spiro atoms. The summed E-state index contributed by atoms with van der Waals surface area (Å²) in [7, 11) is 3.92. The Kier molecular flexibility index (Phi) is 9.34. The number of anilines is 1. The third-order valence-corrected chi connectivity index (χ3v) is 7.75. The summed E-state index contributed by atoms with van der Waals surface area (Å²) in [4.78, 5) is 33.8. The number of amides is 1. The van der Waals surface area contributed by atoms with E-state index in [9.17, 15) is 9.18 Å². The molecular weight excluding hydrogens is 601 g/mol. The van der Waals surface area contributed by atoms with Gasteiger partial charge in [-0.15, -0.1) is 0 Å². The van der Waals surface area contributed by atoms with Gasteiger partial charge in [-0.1, -0.05) is 6.08 Å². The molecule has 1 atom stereocenters. The highest BCUT2D eigenvalue weighted by atomic mass is 19.1. The fourth-order valence-electron chi connectivity index (χ4n) is 5.43. The molecular formula is C34H36FN9O3. The van der Waals surface area contributed by atoms with Gasteiger partial charge in [0.05, 0.1) is 11.4 Å². The number of benzene rings is 2. The van der Waals surface area contributed by atoms with Crippen LogP contribution in [0.4, 0.5) is 10.2 Å². The molecule has 2 aromatic carbocycles. The standard InChI is InChI=1S/C34H36FN9O3/c1-22-37-17-23(18-38-22)20-46-28-14-25(35)15-29(16-28)47-27-10-8-24(9-11-27)32-31-33(36)39-21-40-34(31)44(41-32)26-6-4-13-43(19-26)30(45)7-5-12-42(2)3/h5,7-11,14-18,21,26H,4,6,12-13,19-20H2,1-3H3,(H2,36,39,40)/b7-5+/t26-/m1/s1. The molecule has 1 saturated heterocycles. The Bertz CT molecular complexity index is 1890. The lowest BCUT2D eigenvalue weighted by atomic mass is 10.1. The van der Waals surface area contributed by atoms with Gasteiger partial charge in [0.1, 0.15) is 53.3 Å². The van der Waals surface area contributed by atoms with Crippen LogP contribution in [0.3, 0.4) is 0 Å². The molecule has 0 radical (unpaired) electrons. The first-order valence-corrected chi connectivity index (χ1v) is 15.3. The summed E-state index contributed by atoms with van der Waals surface area (Å²) < 4.78 is 28.0. The van der Waals surface area contributed by atoms with E-state index < -0.39 is 5.82 Å². The van der Waals surface area contributed by atoms with Crippen LogP contribution in [0.2, 0.25) is 0 Å². The molecule has 3 aromatic heterocycles. The summed E-state index contributed by atoms with van der Waals surface area (Å²) in [6.07, 6.45) is 9.96. The molecule has 12 nitrogen and oxygen atoms in total. The van der Waals surface area contributed by atoms with Crippen molar-refractivity contribution in [3.8, 4) is 28.5 Å². The van der Waals surface area contributed by atoms with E-state index in [0.29, 0.717) is 59.5 Å². The number of piperidine rings is 1. The van der Waals surface area contributed by atoms with Gasteiger partial charge >= 0.3 is 0 Å². The smallest absolute Gasteiger partial charge is 0.246 e. The number of aromatic nitrogens is 6. The number of likely N-dealkylation sites (N-methyl/N-ethyl adjacent to an activating group) is 1. The summed E-state index contributed by atoms with van der Waals surface area (Å²) >= 11 is 0. The van der Waals surface area contributed by atoms with Crippen LogP contribution < -0.4 is 15.2 Å². The Balaban J connectivity index is 1.20. The second-order valence-corrected chi connectivity index (χ2v) is 11.7. The number of nitrogens with zero attached hydrogens (tertiary/aromatic N) is 8. The van der Waals surface area contributed by atoms with Crippen molar-refractivity contribution in [2.75, 3.05) is 39.5 Å². The van der Waals surface area contributed by atoms with E-state index in [2.05, 4.69) is 19.9 Å². The average Bonchev–Trinajstić information content (AvgIpc) is 3.45. The molecule has 1 amide bonds. The zero-order chi connectivity index (χ0) is 32.9. The number of hydrogen-bond acceptors (Lipinski definition) is 10. The van der Waals surface area contributed by atoms with E-state index in [1.54, 1.807) is 43.6 Å². The van der Waals surface area contributed by atoms with Crippen molar-refractivity contribution >= 4 is 22.8 Å². The Morgan fingerprint density at radius 3 is 2.60 bits per heavy atom. The normalized spacial score (nSPS) is 15.1. The highest BCUT2D eigenvalue weighted by Crippen LogP contribution is 2.35. The number of halogens is 1. The molecule has 0 unspecified atom stereocenters. The average molecular weight is 638 g/mol. The second kappa shape index (κ2) is 13.9. The van der Waals surface area contributed by atoms with Crippen LogP contribution in [0, 0.1) is 12.7 Å². The molecule has 0 aliphatic carbocycles. The zero-order valence-electron chi connectivity index (χ0n) is 26.5. The fourth-order valence-corrected chi connectivity index (χ4v) is 5.43. The summed E-state index contributed by atoms with van der Waals surface area (Å²) in [6.45, 7) is 3.88. The number of carbonyl (C=O) groups excluding carboxylic acids is 1. The van der Waals surface area contributed by atoms with Gasteiger partial charge in [-0.05, 0) is 58.1 Å². The second-order valence-electron chi connectivity index (χ2n) is 11.7. The molecule has 4 heterocycles. The van der Waals surface area contributed by atoms with E-state index in [0.717, 1.165) is 24.0 Å². The molecule has 47 heavy (non-hydrogen) atoms. The van der Waals surface area contributed by atoms with E-state index in [-0.39, 0.29) is 24.3 Å². The third kappa shape index (κ3) is 7.52. The monoisotopic (exact) mass is 637 g/mol. The minimum Gasteiger partial charge on any atom is -0.489 e. The quantitative estimate of drug-likeness (QED) is 0.209. The first-order chi connectivity index (χ1) is 22.7. The number of carbonyl (C=O) groups is 1. The van der Waals surface area contributed by atoms with Gasteiger partial charge in [-0.2, -0.15) is 5.10 Å². The number of nitrogens with two attached hydrogens (primary N) is 1. The summed E-state index contributed by atoms with van der Waals surface area (Å²) in [5.41, 5.74) is 9.14. The van der Waals surface area contributed by atoms with Crippen molar-refractivity contribution in [3.63, 3.8) is 0 Å². The van der Waals surface area contributed by atoms with E-state index in [4.69, 9.17) is 20.3 Å². The molecule has 6 rings (SSSR count). The first-order valence-electron chi connectivity index (χ1n) is 15.3. The van der Waals surface area contributed by atoms with Gasteiger partial charge in [0.2, 0.25) is 5.91 Å². The van der Waals surface area contributed by atoms with Crippen LogP contribution >= 0.6 is 0 Å². The van der Waals surface area contributed by atoms with E-state index >= 15 is 0 Å². The molecule has 13 heteroatoms. The Morgan fingerprint density at radius 1 is 1.06 bits per heavy atom. The minimum atomic E-state index is -0.491. The van der Waals surface area contributed by atoms with Crippen LogP contribution in [-0.4, -0.2) is 79.2 Å². The number of fused-ring (bicyclic) bond motifs is 1. The van der Waals surface area contributed by atoms with Crippen molar-refractivity contribution in [1.82, 2.24) is 39.5 Å². The fraction of sp³-hybridized carbons (Fsp3) is 0.294. The molecule has 1 fully saturated rings. The van der Waals surface area contributed by atoms with Gasteiger partial charge in [-0.25, -0.2) is 29.0 Å². The van der Waals surface area contributed by atoms with E-state index in [1.807, 2.05) is 46.8 Å². The molecule has 2 N–H and O–H groups in total. The molecule has 0 saturated carbocycles. The maximum absolute atomic E-state index is 14.4. The highest BCUT2D eigenvalue weighted by molar-refractivity contribution is 5.98. The maximum atomic E-state index is 14.4. The summed E-state index contributed by atoms with van der Waals surface area (Å²) in [6, 6.07) is 11.4. The summed E-state index contributed by atoms with van der Waals surface area (Å²) in [5, 5.41) is 5.61.